The van der Waals surface area contributed by atoms with Gasteiger partial charge >= 0.3 is 0 Å². The van der Waals surface area contributed by atoms with E-state index in [1.807, 2.05) is 39.3 Å². The predicted molar refractivity (Wildman–Crippen MR) is 149 cm³/mol. The molecule has 3 aromatic heterocycles. The first-order valence-corrected chi connectivity index (χ1v) is 12.1. The molecule has 0 radical (unpaired) electrons. The van der Waals surface area contributed by atoms with Crippen LogP contribution in [0.5, 0.6) is 0 Å². The molecule has 0 atom stereocenters. The maximum Gasteiger partial charge on any atom is 0.272 e. The van der Waals surface area contributed by atoms with Crippen LogP contribution in [0.25, 0.3) is 16.7 Å². The van der Waals surface area contributed by atoms with Crippen molar-refractivity contribution in [3.8, 4) is 5.82 Å². The van der Waals surface area contributed by atoms with Crippen molar-refractivity contribution < 1.29 is 5.11 Å². The predicted octanol–water partition coefficient (Wildman–Crippen LogP) is 3.93. The molecule has 0 saturated heterocycles. The van der Waals surface area contributed by atoms with E-state index in [4.69, 9.17) is 4.99 Å². The zero-order chi connectivity index (χ0) is 26.9. The number of guanidine groups is 1. The number of hydrogen-bond acceptors (Lipinski definition) is 5. The number of H-pyrrole nitrogens is 1. The van der Waals surface area contributed by atoms with E-state index < -0.39 is 5.60 Å². The van der Waals surface area contributed by atoms with Crippen LogP contribution in [0.4, 0.5) is 11.5 Å². The SMILES string of the molecule is C=NC(=Nc1c(C)c(=O)n(CC)n1-c1cccc(C(C)(C)O)n1)Nc1ccc2c(CN(C)C)c[nH]c2c1. The molecule has 194 valence electrons. The van der Waals surface area contributed by atoms with Crippen molar-refractivity contribution in [1.82, 2.24) is 24.2 Å². The fourth-order valence-electron chi connectivity index (χ4n) is 4.25. The largest absolute Gasteiger partial charge is 0.384 e. The molecule has 4 rings (SSSR count). The van der Waals surface area contributed by atoms with Crippen LogP contribution in [-0.2, 0) is 18.7 Å². The fourth-order valence-corrected chi connectivity index (χ4v) is 4.25. The summed E-state index contributed by atoms with van der Waals surface area (Å²) in [4.78, 5) is 31.9. The van der Waals surface area contributed by atoms with Crippen molar-refractivity contribution in [2.45, 2.75) is 46.4 Å². The standard InChI is InChI=1S/C27H34N8O2/c1-8-34-25(36)17(2)24(35(34)23-11-9-10-22(31-23)27(3,4)37)32-26(28-5)30-19-12-13-20-18(16-33(6)7)15-29-21(20)14-19/h9-15,29,37H,5,8,16H2,1-4,6-7H3,(H,30,32). The summed E-state index contributed by atoms with van der Waals surface area (Å²) in [5, 5.41) is 14.8. The number of aliphatic imine (C=N–C) groups is 2. The van der Waals surface area contributed by atoms with Crippen LogP contribution in [-0.4, -0.2) is 56.1 Å². The van der Waals surface area contributed by atoms with Gasteiger partial charge in [-0.05, 0) is 78.3 Å². The summed E-state index contributed by atoms with van der Waals surface area (Å²) >= 11 is 0. The normalized spacial score (nSPS) is 12.5. The maximum absolute atomic E-state index is 13.1. The fraction of sp³-hybridized carbons (Fsp3) is 0.333. The lowest BCUT2D eigenvalue weighted by Gasteiger charge is -2.18. The highest BCUT2D eigenvalue weighted by Crippen LogP contribution is 2.26. The summed E-state index contributed by atoms with van der Waals surface area (Å²) in [5.74, 6) is 1.09. The molecule has 10 heteroatoms. The summed E-state index contributed by atoms with van der Waals surface area (Å²) in [7, 11) is 4.08. The van der Waals surface area contributed by atoms with Gasteiger partial charge in [0.05, 0.1) is 11.3 Å². The first-order valence-electron chi connectivity index (χ1n) is 12.1. The number of pyridine rings is 1. The van der Waals surface area contributed by atoms with E-state index in [9.17, 15) is 9.90 Å². The lowest BCUT2D eigenvalue weighted by molar-refractivity contribution is 0.0738. The third kappa shape index (κ3) is 5.25. The molecule has 0 amide bonds. The van der Waals surface area contributed by atoms with Gasteiger partial charge in [0.2, 0.25) is 5.96 Å². The molecule has 0 saturated carbocycles. The van der Waals surface area contributed by atoms with Crippen molar-refractivity contribution in [2.75, 3.05) is 19.4 Å². The highest BCUT2D eigenvalue weighted by molar-refractivity contribution is 5.99. The molecular weight excluding hydrogens is 468 g/mol. The van der Waals surface area contributed by atoms with Crippen LogP contribution in [0.1, 0.15) is 37.6 Å². The Hall–Kier alpha value is -4.02. The number of aliphatic hydroxyl groups is 1. The number of nitrogens with one attached hydrogen (secondary N) is 2. The smallest absolute Gasteiger partial charge is 0.272 e. The molecule has 0 bridgehead atoms. The van der Waals surface area contributed by atoms with Gasteiger partial charge in [-0.1, -0.05) is 12.1 Å². The Morgan fingerprint density at radius 1 is 1.27 bits per heavy atom. The second-order valence-corrected chi connectivity index (χ2v) is 9.75. The van der Waals surface area contributed by atoms with Gasteiger partial charge < -0.3 is 20.3 Å². The average Bonchev–Trinajstić information content (AvgIpc) is 3.35. The summed E-state index contributed by atoms with van der Waals surface area (Å²) in [6.07, 6.45) is 2.01. The van der Waals surface area contributed by atoms with E-state index in [-0.39, 0.29) is 11.5 Å². The molecule has 0 spiro atoms. The number of anilines is 1. The molecule has 10 nitrogen and oxygen atoms in total. The van der Waals surface area contributed by atoms with E-state index in [2.05, 4.69) is 38.0 Å². The number of nitrogens with zero attached hydrogens (tertiary/aromatic N) is 6. The first-order chi connectivity index (χ1) is 17.5. The van der Waals surface area contributed by atoms with E-state index >= 15 is 0 Å². The number of benzene rings is 1. The molecule has 3 heterocycles. The maximum atomic E-state index is 13.1. The molecule has 0 aliphatic carbocycles. The lowest BCUT2D eigenvalue weighted by Crippen LogP contribution is -2.24. The Kier molecular flexibility index (Phi) is 7.15. The highest BCUT2D eigenvalue weighted by Gasteiger charge is 2.22. The molecular formula is C27H34N8O2. The Morgan fingerprint density at radius 3 is 2.68 bits per heavy atom. The summed E-state index contributed by atoms with van der Waals surface area (Å²) in [6.45, 7) is 11.9. The summed E-state index contributed by atoms with van der Waals surface area (Å²) in [5.41, 5.74) is 2.59. The second kappa shape index (κ2) is 10.2. The Balaban J connectivity index is 1.77. The highest BCUT2D eigenvalue weighted by atomic mass is 16.3. The van der Waals surface area contributed by atoms with Crippen molar-refractivity contribution in [1.29, 1.82) is 0 Å². The number of aromatic amines is 1. The van der Waals surface area contributed by atoms with E-state index in [1.165, 1.54) is 5.56 Å². The van der Waals surface area contributed by atoms with Gasteiger partial charge in [-0.15, -0.1) is 0 Å². The topological polar surface area (TPSA) is 116 Å². The molecule has 0 aliphatic rings. The van der Waals surface area contributed by atoms with Crippen LogP contribution in [0.15, 0.2) is 57.4 Å². The van der Waals surface area contributed by atoms with Gasteiger partial charge in [-0.2, -0.15) is 4.99 Å². The van der Waals surface area contributed by atoms with Crippen LogP contribution in [0, 0.1) is 6.92 Å². The number of hydrogen-bond donors (Lipinski definition) is 3. The Bertz CT molecular complexity index is 1530. The van der Waals surface area contributed by atoms with Gasteiger partial charge in [0.1, 0.15) is 5.60 Å². The summed E-state index contributed by atoms with van der Waals surface area (Å²) in [6, 6.07) is 11.3. The molecule has 0 aliphatic heterocycles. The number of aromatic nitrogens is 4. The van der Waals surface area contributed by atoms with Crippen LogP contribution >= 0.6 is 0 Å². The minimum atomic E-state index is -1.14. The molecule has 4 aromatic rings. The zero-order valence-electron chi connectivity index (χ0n) is 22.2. The van der Waals surface area contributed by atoms with E-state index in [0.717, 1.165) is 23.1 Å². The van der Waals surface area contributed by atoms with Gasteiger partial charge in [0.15, 0.2) is 11.6 Å². The van der Waals surface area contributed by atoms with E-state index in [1.54, 1.807) is 48.3 Å². The van der Waals surface area contributed by atoms with Crippen LogP contribution in [0.3, 0.4) is 0 Å². The van der Waals surface area contributed by atoms with Crippen molar-refractivity contribution in [3.05, 3.63) is 69.8 Å². The quantitative estimate of drug-likeness (QED) is 0.262. The molecule has 1 aromatic carbocycles. The Morgan fingerprint density at radius 2 is 2.03 bits per heavy atom. The third-order valence-corrected chi connectivity index (χ3v) is 6.08. The molecule has 3 N–H and O–H groups in total. The third-order valence-electron chi connectivity index (χ3n) is 6.08. The van der Waals surface area contributed by atoms with Crippen LogP contribution in [0.2, 0.25) is 0 Å². The van der Waals surface area contributed by atoms with Gasteiger partial charge in [-0.25, -0.2) is 19.3 Å². The van der Waals surface area contributed by atoms with Gasteiger partial charge in [0, 0.05) is 35.9 Å². The summed E-state index contributed by atoms with van der Waals surface area (Å²) < 4.78 is 3.21. The van der Waals surface area contributed by atoms with E-state index in [0.29, 0.717) is 29.4 Å². The molecule has 0 fully saturated rings. The number of fused-ring (bicyclic) bond motifs is 1. The lowest BCUT2D eigenvalue weighted by atomic mass is 10.1. The molecule has 37 heavy (non-hydrogen) atoms. The molecule has 0 unspecified atom stereocenters. The first kappa shape index (κ1) is 26.1. The van der Waals surface area contributed by atoms with Gasteiger partial charge in [-0.3, -0.25) is 4.79 Å². The number of rotatable bonds is 7. The van der Waals surface area contributed by atoms with Crippen LogP contribution < -0.4 is 10.9 Å². The zero-order valence-corrected chi connectivity index (χ0v) is 22.2. The monoisotopic (exact) mass is 502 g/mol. The minimum Gasteiger partial charge on any atom is -0.384 e. The van der Waals surface area contributed by atoms with Crippen molar-refractivity contribution in [2.24, 2.45) is 9.98 Å². The van der Waals surface area contributed by atoms with Gasteiger partial charge in [0.25, 0.3) is 5.56 Å². The average molecular weight is 503 g/mol. The van der Waals surface area contributed by atoms with Crippen molar-refractivity contribution in [3.63, 3.8) is 0 Å². The Labute approximate surface area is 216 Å². The van der Waals surface area contributed by atoms with Crippen molar-refractivity contribution >= 4 is 35.1 Å². The minimum absolute atomic E-state index is 0.179. The second-order valence-electron chi connectivity index (χ2n) is 9.75.